The Morgan fingerprint density at radius 3 is 2.27 bits per heavy atom. The highest BCUT2D eigenvalue weighted by Gasteiger charge is 2.24. The summed E-state index contributed by atoms with van der Waals surface area (Å²) in [5.74, 6) is 1.21. The summed E-state index contributed by atoms with van der Waals surface area (Å²) in [6.45, 7) is 10.4. The molecule has 1 aliphatic rings. The topological polar surface area (TPSA) is 78.3 Å². The maximum Gasteiger partial charge on any atom is 0.322 e. The molecule has 0 spiro atoms. The van der Waals surface area contributed by atoms with Gasteiger partial charge in [-0.25, -0.2) is 9.18 Å². The van der Waals surface area contributed by atoms with Crippen molar-refractivity contribution in [1.29, 1.82) is 0 Å². The second kappa shape index (κ2) is 14.1. The van der Waals surface area contributed by atoms with E-state index in [-0.39, 0.29) is 37.4 Å². The van der Waals surface area contributed by atoms with Crippen molar-refractivity contribution in [1.82, 2.24) is 14.7 Å². The van der Waals surface area contributed by atoms with E-state index in [2.05, 4.69) is 24.1 Å². The molecule has 40 heavy (non-hydrogen) atoms. The largest absolute Gasteiger partial charge is 0.464 e. The standard InChI is InChI=1S/C31H39FN4O4/c1-23(2)26-7-11-28(12-8-26)33-31(38)35(15-14-34-16-18-39-19-17-34)22-30(37)36(21-29-13-4-24(3)40-29)20-25-5-9-27(32)10-6-25/h4-13,23H,14-22H2,1-3H3,(H,33,38). The Balaban J connectivity index is 1.50. The van der Waals surface area contributed by atoms with Crippen LogP contribution in [0.4, 0.5) is 14.9 Å². The van der Waals surface area contributed by atoms with Crippen LogP contribution >= 0.6 is 0 Å². The molecule has 0 aliphatic carbocycles. The summed E-state index contributed by atoms with van der Waals surface area (Å²) < 4.78 is 24.7. The number of hydrogen-bond donors (Lipinski definition) is 1. The Labute approximate surface area is 235 Å². The molecule has 9 heteroatoms. The molecule has 1 saturated heterocycles. The zero-order chi connectivity index (χ0) is 28.5. The number of aryl methyl sites for hydroxylation is 1. The van der Waals surface area contributed by atoms with Gasteiger partial charge < -0.3 is 24.3 Å². The molecule has 3 amide bonds. The Bertz CT molecular complexity index is 1240. The number of urea groups is 1. The van der Waals surface area contributed by atoms with Crippen molar-refractivity contribution in [3.63, 3.8) is 0 Å². The number of ether oxygens (including phenoxy) is 1. The smallest absolute Gasteiger partial charge is 0.322 e. The highest BCUT2D eigenvalue weighted by molar-refractivity contribution is 5.92. The number of nitrogens with zero attached hydrogens (tertiary/aromatic N) is 3. The molecule has 214 valence electrons. The van der Waals surface area contributed by atoms with Gasteiger partial charge in [0.25, 0.3) is 0 Å². The van der Waals surface area contributed by atoms with Crippen molar-refractivity contribution in [3.05, 3.63) is 89.1 Å². The van der Waals surface area contributed by atoms with Gasteiger partial charge in [-0.1, -0.05) is 38.1 Å². The zero-order valence-corrected chi connectivity index (χ0v) is 23.6. The van der Waals surface area contributed by atoms with Crippen LogP contribution in [-0.4, -0.2) is 72.6 Å². The molecule has 3 aromatic rings. The molecule has 2 aromatic carbocycles. The van der Waals surface area contributed by atoms with Crippen LogP contribution in [0.5, 0.6) is 0 Å². The first-order valence-corrected chi connectivity index (χ1v) is 13.8. The molecule has 4 rings (SSSR count). The van der Waals surface area contributed by atoms with E-state index in [9.17, 15) is 14.0 Å². The lowest BCUT2D eigenvalue weighted by atomic mass is 10.0. The fourth-order valence-electron chi connectivity index (χ4n) is 4.56. The molecule has 0 radical (unpaired) electrons. The van der Waals surface area contributed by atoms with Gasteiger partial charge in [-0.3, -0.25) is 9.69 Å². The number of hydrogen-bond acceptors (Lipinski definition) is 5. The number of amides is 3. The van der Waals surface area contributed by atoms with E-state index >= 15 is 0 Å². The Kier molecular flexibility index (Phi) is 10.3. The predicted molar refractivity (Wildman–Crippen MR) is 152 cm³/mol. The molecule has 0 atom stereocenters. The highest BCUT2D eigenvalue weighted by atomic mass is 19.1. The molecule has 1 fully saturated rings. The maximum atomic E-state index is 13.7. The third kappa shape index (κ3) is 8.66. The van der Waals surface area contributed by atoms with Crippen LogP contribution in [0.1, 0.15) is 42.4 Å². The molecule has 1 N–H and O–H groups in total. The van der Waals surface area contributed by atoms with Crippen molar-refractivity contribution in [2.24, 2.45) is 0 Å². The molecule has 0 unspecified atom stereocenters. The first-order valence-electron chi connectivity index (χ1n) is 13.8. The van der Waals surface area contributed by atoms with Gasteiger partial charge in [0.05, 0.1) is 19.8 Å². The molecule has 2 heterocycles. The summed E-state index contributed by atoms with van der Waals surface area (Å²) >= 11 is 0. The number of carbonyl (C=O) groups excluding carboxylic acids is 2. The third-order valence-electron chi connectivity index (χ3n) is 7.01. The van der Waals surface area contributed by atoms with Gasteiger partial charge in [0.2, 0.25) is 5.91 Å². The van der Waals surface area contributed by atoms with E-state index in [0.717, 1.165) is 24.4 Å². The van der Waals surface area contributed by atoms with Gasteiger partial charge in [0.1, 0.15) is 23.9 Å². The molecule has 8 nitrogen and oxygen atoms in total. The average molecular weight is 551 g/mol. The van der Waals surface area contributed by atoms with Crippen molar-refractivity contribution in [3.8, 4) is 0 Å². The second-order valence-electron chi connectivity index (χ2n) is 10.5. The van der Waals surface area contributed by atoms with E-state index in [1.54, 1.807) is 21.9 Å². The number of halogens is 1. The number of anilines is 1. The highest BCUT2D eigenvalue weighted by Crippen LogP contribution is 2.18. The lowest BCUT2D eigenvalue weighted by Gasteiger charge is -2.31. The van der Waals surface area contributed by atoms with Crippen molar-refractivity contribution < 1.29 is 23.1 Å². The first kappa shape index (κ1) is 29.3. The van der Waals surface area contributed by atoms with Gasteiger partial charge >= 0.3 is 6.03 Å². The van der Waals surface area contributed by atoms with Crippen molar-refractivity contribution in [2.75, 3.05) is 51.3 Å². The Morgan fingerprint density at radius 2 is 1.65 bits per heavy atom. The lowest BCUT2D eigenvalue weighted by molar-refractivity contribution is -0.133. The van der Waals surface area contributed by atoms with Crippen LogP contribution in [0, 0.1) is 12.7 Å². The molecule has 1 aliphatic heterocycles. The molecular formula is C31H39FN4O4. The number of nitrogens with one attached hydrogen (secondary N) is 1. The van der Waals surface area contributed by atoms with Crippen LogP contribution in [-0.2, 0) is 22.6 Å². The van der Waals surface area contributed by atoms with Crippen molar-refractivity contribution in [2.45, 2.75) is 39.8 Å². The molecular weight excluding hydrogens is 511 g/mol. The maximum absolute atomic E-state index is 13.7. The minimum atomic E-state index is -0.338. The SMILES string of the molecule is Cc1ccc(CN(Cc2ccc(F)cc2)C(=O)CN(CCN2CCOCC2)C(=O)Nc2ccc(C(C)C)cc2)o1. The van der Waals surface area contributed by atoms with Crippen LogP contribution in [0.15, 0.2) is 65.1 Å². The van der Waals surface area contributed by atoms with Crippen LogP contribution in [0.2, 0.25) is 0 Å². The second-order valence-corrected chi connectivity index (χ2v) is 10.5. The van der Waals surface area contributed by atoms with Gasteiger partial charge in [-0.2, -0.15) is 0 Å². The van der Waals surface area contributed by atoms with E-state index in [0.29, 0.717) is 43.7 Å². The van der Waals surface area contributed by atoms with E-state index in [4.69, 9.17) is 9.15 Å². The van der Waals surface area contributed by atoms with Gasteiger partial charge in [-0.15, -0.1) is 0 Å². The first-order chi connectivity index (χ1) is 19.3. The van der Waals surface area contributed by atoms with E-state index in [1.807, 2.05) is 43.3 Å². The molecule has 1 aromatic heterocycles. The summed E-state index contributed by atoms with van der Waals surface area (Å²) in [5.41, 5.74) is 2.64. The minimum Gasteiger partial charge on any atom is -0.464 e. The van der Waals surface area contributed by atoms with Crippen LogP contribution in [0.25, 0.3) is 0 Å². The Morgan fingerprint density at radius 1 is 0.950 bits per heavy atom. The number of carbonyl (C=O) groups is 2. The van der Waals surface area contributed by atoms with Gasteiger partial charge in [-0.05, 0) is 60.4 Å². The summed E-state index contributed by atoms with van der Waals surface area (Å²) in [6, 6.07) is 17.2. The average Bonchev–Trinajstić information content (AvgIpc) is 3.36. The fraction of sp³-hybridized carbons (Fsp3) is 0.419. The lowest BCUT2D eigenvalue weighted by Crippen LogP contribution is -2.48. The third-order valence-corrected chi connectivity index (χ3v) is 7.01. The normalized spacial score (nSPS) is 13.8. The van der Waals surface area contributed by atoms with Gasteiger partial charge in [0.15, 0.2) is 0 Å². The predicted octanol–water partition coefficient (Wildman–Crippen LogP) is 5.25. The fourth-order valence-corrected chi connectivity index (χ4v) is 4.56. The monoisotopic (exact) mass is 550 g/mol. The summed E-state index contributed by atoms with van der Waals surface area (Å²) in [5, 5.41) is 2.96. The zero-order valence-electron chi connectivity index (χ0n) is 23.6. The summed E-state index contributed by atoms with van der Waals surface area (Å²) in [4.78, 5) is 32.6. The number of furan rings is 1. The number of benzene rings is 2. The van der Waals surface area contributed by atoms with Crippen LogP contribution in [0.3, 0.4) is 0 Å². The van der Waals surface area contributed by atoms with E-state index < -0.39 is 0 Å². The minimum absolute atomic E-state index is 0.110. The molecule has 0 saturated carbocycles. The summed E-state index contributed by atoms with van der Waals surface area (Å²) in [7, 11) is 0. The number of morpholine rings is 1. The Hall–Kier alpha value is -3.69. The van der Waals surface area contributed by atoms with E-state index in [1.165, 1.54) is 17.7 Å². The number of rotatable bonds is 11. The summed E-state index contributed by atoms with van der Waals surface area (Å²) in [6.07, 6.45) is 0. The molecule has 0 bridgehead atoms. The van der Waals surface area contributed by atoms with Crippen LogP contribution < -0.4 is 5.32 Å². The quantitative estimate of drug-likeness (QED) is 0.353. The van der Waals surface area contributed by atoms with Gasteiger partial charge in [0, 0.05) is 38.4 Å². The van der Waals surface area contributed by atoms with Crippen molar-refractivity contribution >= 4 is 17.6 Å².